The third-order valence-electron chi connectivity index (χ3n) is 3.14. The molecule has 1 N–H and O–H groups in total. The lowest BCUT2D eigenvalue weighted by Crippen LogP contribution is -2.24. The van der Waals surface area contributed by atoms with E-state index >= 15 is 0 Å². The van der Waals surface area contributed by atoms with Gasteiger partial charge in [-0.3, -0.25) is 4.79 Å². The van der Waals surface area contributed by atoms with E-state index in [2.05, 4.69) is 52.4 Å². The molecule has 0 aliphatic heterocycles. The number of unbranched alkanes of at least 4 members (excludes halogenated alkanes) is 3. The molecule has 3 heteroatoms. The first-order valence-corrected chi connectivity index (χ1v) is 8.22. The van der Waals surface area contributed by atoms with Crippen LogP contribution in [0.15, 0.2) is 24.3 Å². The van der Waals surface area contributed by atoms with Crippen LogP contribution in [0.1, 0.15) is 43.2 Å². The molecule has 0 aliphatic rings. The van der Waals surface area contributed by atoms with Crippen LogP contribution in [0.25, 0.3) is 0 Å². The van der Waals surface area contributed by atoms with E-state index < -0.39 is 0 Å². The summed E-state index contributed by atoms with van der Waals surface area (Å²) in [6.07, 6.45) is 6.17. The molecule has 1 amide bonds. The number of hydrogen-bond acceptors (Lipinski definition) is 1. The first kappa shape index (κ1) is 16.2. The molecule has 1 aromatic rings. The standard InChI is InChI=1S/C16H24BrNO/c1-14-6-8-15(9-7-14)10-11-16(19)18-13-5-3-2-4-12-17/h6-9H,2-5,10-13H2,1H3,(H,18,19). The largest absolute Gasteiger partial charge is 0.356 e. The second-order valence-electron chi connectivity index (χ2n) is 4.94. The number of nitrogens with one attached hydrogen (secondary N) is 1. The smallest absolute Gasteiger partial charge is 0.220 e. The van der Waals surface area contributed by atoms with Crippen molar-refractivity contribution in [1.29, 1.82) is 0 Å². The molecule has 0 atom stereocenters. The molecule has 1 aromatic carbocycles. The molecule has 0 saturated heterocycles. The summed E-state index contributed by atoms with van der Waals surface area (Å²) in [6, 6.07) is 8.39. The summed E-state index contributed by atoms with van der Waals surface area (Å²) in [4.78, 5) is 11.7. The quantitative estimate of drug-likeness (QED) is 0.539. The van der Waals surface area contributed by atoms with Gasteiger partial charge in [-0.1, -0.05) is 58.6 Å². The molecule has 0 fully saturated rings. The number of aryl methyl sites for hydroxylation is 2. The zero-order chi connectivity index (χ0) is 13.9. The van der Waals surface area contributed by atoms with Crippen LogP contribution in [-0.4, -0.2) is 17.8 Å². The van der Waals surface area contributed by atoms with Gasteiger partial charge in [-0.15, -0.1) is 0 Å². The number of rotatable bonds is 9. The van der Waals surface area contributed by atoms with E-state index in [1.165, 1.54) is 30.4 Å². The molecule has 0 bridgehead atoms. The Morgan fingerprint density at radius 1 is 1.11 bits per heavy atom. The van der Waals surface area contributed by atoms with Crippen LogP contribution in [0.5, 0.6) is 0 Å². The van der Waals surface area contributed by atoms with Crippen LogP contribution in [0.4, 0.5) is 0 Å². The van der Waals surface area contributed by atoms with Crippen molar-refractivity contribution < 1.29 is 4.79 Å². The first-order valence-electron chi connectivity index (χ1n) is 7.10. The number of carbonyl (C=O) groups is 1. The third kappa shape index (κ3) is 8.04. The molecular weight excluding hydrogens is 302 g/mol. The molecule has 106 valence electrons. The number of halogens is 1. The molecule has 0 aliphatic carbocycles. The van der Waals surface area contributed by atoms with Crippen LogP contribution >= 0.6 is 15.9 Å². The Balaban J connectivity index is 2.06. The van der Waals surface area contributed by atoms with E-state index in [9.17, 15) is 4.79 Å². The average molecular weight is 326 g/mol. The van der Waals surface area contributed by atoms with Gasteiger partial charge in [-0.2, -0.15) is 0 Å². The summed E-state index contributed by atoms with van der Waals surface area (Å²) < 4.78 is 0. The van der Waals surface area contributed by atoms with E-state index in [0.717, 1.165) is 24.7 Å². The SMILES string of the molecule is Cc1ccc(CCC(=O)NCCCCCCBr)cc1. The summed E-state index contributed by atoms with van der Waals surface area (Å²) in [5, 5.41) is 4.07. The highest BCUT2D eigenvalue weighted by molar-refractivity contribution is 9.09. The van der Waals surface area contributed by atoms with Gasteiger partial charge in [0.2, 0.25) is 5.91 Å². The number of hydrogen-bond donors (Lipinski definition) is 1. The molecule has 0 radical (unpaired) electrons. The number of benzene rings is 1. The highest BCUT2D eigenvalue weighted by Crippen LogP contribution is 2.06. The van der Waals surface area contributed by atoms with E-state index in [1.807, 2.05) is 0 Å². The highest BCUT2D eigenvalue weighted by Gasteiger charge is 2.01. The van der Waals surface area contributed by atoms with Crippen LogP contribution in [0.2, 0.25) is 0 Å². The Kier molecular flexibility index (Phi) is 8.55. The Morgan fingerprint density at radius 3 is 2.47 bits per heavy atom. The number of amides is 1. The fraction of sp³-hybridized carbons (Fsp3) is 0.562. The van der Waals surface area contributed by atoms with Crippen LogP contribution in [0.3, 0.4) is 0 Å². The molecule has 0 saturated carbocycles. The van der Waals surface area contributed by atoms with Crippen molar-refractivity contribution in [1.82, 2.24) is 5.32 Å². The predicted molar refractivity (Wildman–Crippen MR) is 84.8 cm³/mol. The Hall–Kier alpha value is -0.830. The summed E-state index contributed by atoms with van der Waals surface area (Å²) in [6.45, 7) is 2.89. The lowest BCUT2D eigenvalue weighted by molar-refractivity contribution is -0.121. The van der Waals surface area contributed by atoms with Gasteiger partial charge in [0.25, 0.3) is 0 Å². The Labute approximate surface area is 125 Å². The lowest BCUT2D eigenvalue weighted by atomic mass is 10.1. The topological polar surface area (TPSA) is 29.1 Å². The van der Waals surface area contributed by atoms with Gasteiger partial charge in [0, 0.05) is 18.3 Å². The normalized spacial score (nSPS) is 10.4. The molecule has 0 heterocycles. The van der Waals surface area contributed by atoms with Crippen LogP contribution in [-0.2, 0) is 11.2 Å². The first-order chi connectivity index (χ1) is 9.22. The van der Waals surface area contributed by atoms with Gasteiger partial charge in [0.05, 0.1) is 0 Å². The second kappa shape index (κ2) is 10.0. The van der Waals surface area contributed by atoms with E-state index in [1.54, 1.807) is 0 Å². The zero-order valence-corrected chi connectivity index (χ0v) is 13.3. The van der Waals surface area contributed by atoms with E-state index in [-0.39, 0.29) is 5.91 Å². The van der Waals surface area contributed by atoms with Crippen molar-refractivity contribution in [3.63, 3.8) is 0 Å². The van der Waals surface area contributed by atoms with Crippen LogP contribution < -0.4 is 5.32 Å². The van der Waals surface area contributed by atoms with E-state index in [0.29, 0.717) is 6.42 Å². The minimum absolute atomic E-state index is 0.168. The minimum Gasteiger partial charge on any atom is -0.356 e. The van der Waals surface area contributed by atoms with E-state index in [4.69, 9.17) is 0 Å². The molecule has 0 aromatic heterocycles. The van der Waals surface area contributed by atoms with Gasteiger partial charge in [0.1, 0.15) is 0 Å². The molecule has 0 spiro atoms. The maximum Gasteiger partial charge on any atom is 0.220 e. The van der Waals surface area contributed by atoms with Gasteiger partial charge >= 0.3 is 0 Å². The fourth-order valence-corrected chi connectivity index (χ4v) is 2.30. The van der Waals surface area contributed by atoms with Gasteiger partial charge < -0.3 is 5.32 Å². The van der Waals surface area contributed by atoms with Crippen molar-refractivity contribution >= 4 is 21.8 Å². The predicted octanol–water partition coefficient (Wildman–Crippen LogP) is 4.00. The van der Waals surface area contributed by atoms with Gasteiger partial charge in [-0.05, 0) is 31.7 Å². The lowest BCUT2D eigenvalue weighted by Gasteiger charge is -2.05. The minimum atomic E-state index is 0.168. The van der Waals surface area contributed by atoms with Crippen molar-refractivity contribution in [3.8, 4) is 0 Å². The van der Waals surface area contributed by atoms with Crippen molar-refractivity contribution in [2.75, 3.05) is 11.9 Å². The highest BCUT2D eigenvalue weighted by atomic mass is 79.9. The number of alkyl halides is 1. The van der Waals surface area contributed by atoms with Crippen molar-refractivity contribution in [3.05, 3.63) is 35.4 Å². The maximum atomic E-state index is 11.7. The molecule has 19 heavy (non-hydrogen) atoms. The summed E-state index contributed by atoms with van der Waals surface area (Å²) >= 11 is 3.42. The van der Waals surface area contributed by atoms with Gasteiger partial charge in [0.15, 0.2) is 0 Å². The summed E-state index contributed by atoms with van der Waals surface area (Å²) in [5.41, 5.74) is 2.50. The maximum absolute atomic E-state index is 11.7. The Morgan fingerprint density at radius 2 is 1.79 bits per heavy atom. The monoisotopic (exact) mass is 325 g/mol. The molecule has 1 rings (SSSR count). The van der Waals surface area contributed by atoms with Crippen LogP contribution in [0, 0.1) is 6.92 Å². The summed E-state index contributed by atoms with van der Waals surface area (Å²) in [7, 11) is 0. The van der Waals surface area contributed by atoms with Crippen molar-refractivity contribution in [2.24, 2.45) is 0 Å². The van der Waals surface area contributed by atoms with Crippen molar-refractivity contribution in [2.45, 2.75) is 45.4 Å². The zero-order valence-electron chi connectivity index (χ0n) is 11.8. The second-order valence-corrected chi connectivity index (χ2v) is 5.73. The average Bonchev–Trinajstić information content (AvgIpc) is 2.42. The molecule has 2 nitrogen and oxygen atoms in total. The number of carbonyl (C=O) groups excluding carboxylic acids is 1. The van der Waals surface area contributed by atoms with Gasteiger partial charge in [-0.25, -0.2) is 0 Å². The third-order valence-corrected chi connectivity index (χ3v) is 3.70. The fourth-order valence-electron chi connectivity index (χ4n) is 1.90. The Bertz CT molecular complexity index is 362. The molecule has 0 unspecified atom stereocenters. The summed E-state index contributed by atoms with van der Waals surface area (Å²) in [5.74, 6) is 0.168. The molecular formula is C16H24BrNO.